The first kappa shape index (κ1) is 16.2. The molecule has 0 saturated heterocycles. The van der Waals surface area contributed by atoms with E-state index in [4.69, 9.17) is 5.73 Å². The number of nitrogens with zero attached hydrogens (tertiary/aromatic N) is 1. The van der Waals surface area contributed by atoms with Crippen LogP contribution in [0.1, 0.15) is 58.3 Å². The van der Waals surface area contributed by atoms with Crippen molar-refractivity contribution in [3.63, 3.8) is 0 Å². The predicted octanol–water partition coefficient (Wildman–Crippen LogP) is 3.91. The molecule has 0 fully saturated rings. The Morgan fingerprint density at radius 3 is 2.37 bits per heavy atom. The lowest BCUT2D eigenvalue weighted by atomic mass is 10.1. The van der Waals surface area contributed by atoms with Crippen molar-refractivity contribution in [1.29, 1.82) is 0 Å². The Morgan fingerprint density at radius 1 is 1.11 bits per heavy atom. The van der Waals surface area contributed by atoms with Crippen LogP contribution in [-0.4, -0.2) is 14.9 Å². The molecule has 108 valence electrons. The van der Waals surface area contributed by atoms with E-state index in [2.05, 4.69) is 11.9 Å². The predicted molar refractivity (Wildman–Crippen MR) is 82.5 cm³/mol. The van der Waals surface area contributed by atoms with Crippen LogP contribution < -0.4 is 5.73 Å². The summed E-state index contributed by atoms with van der Waals surface area (Å²) in [6, 6.07) is 1.76. The Kier molecular flexibility index (Phi) is 8.47. The van der Waals surface area contributed by atoms with E-state index >= 15 is 0 Å². The smallest absolute Gasteiger partial charge is 0.0664 e. The van der Waals surface area contributed by atoms with Gasteiger partial charge < -0.3 is 5.73 Å². The summed E-state index contributed by atoms with van der Waals surface area (Å²) in [5.74, 6) is 0.711. The lowest BCUT2D eigenvalue weighted by molar-refractivity contribution is 0.584. The highest BCUT2D eigenvalue weighted by molar-refractivity contribution is 7.85. The van der Waals surface area contributed by atoms with Gasteiger partial charge in [-0.15, -0.1) is 0 Å². The second kappa shape index (κ2) is 9.96. The molecule has 0 aliphatic heterocycles. The van der Waals surface area contributed by atoms with Crippen molar-refractivity contribution in [3.8, 4) is 0 Å². The number of hydrogen-bond donors (Lipinski definition) is 1. The number of hydrogen-bond acceptors (Lipinski definition) is 3. The van der Waals surface area contributed by atoms with E-state index in [-0.39, 0.29) is 0 Å². The van der Waals surface area contributed by atoms with E-state index in [0.717, 1.165) is 11.3 Å². The molecule has 4 heteroatoms. The normalized spacial score (nSPS) is 12.5. The Bertz CT molecular complexity index is 382. The Morgan fingerprint density at radius 2 is 1.74 bits per heavy atom. The molecule has 19 heavy (non-hydrogen) atoms. The molecule has 3 nitrogen and oxygen atoms in total. The first-order chi connectivity index (χ1) is 9.25. The topological polar surface area (TPSA) is 56.0 Å². The minimum Gasteiger partial charge on any atom is -0.396 e. The van der Waals surface area contributed by atoms with Crippen molar-refractivity contribution in [2.45, 2.75) is 63.2 Å². The van der Waals surface area contributed by atoms with Gasteiger partial charge in [0, 0.05) is 11.9 Å². The molecule has 0 aliphatic rings. The van der Waals surface area contributed by atoms with Crippen LogP contribution in [0.15, 0.2) is 23.4 Å². The molecule has 2 N–H and O–H groups in total. The third kappa shape index (κ3) is 6.71. The number of aromatic nitrogens is 1. The number of unbranched alkanes of at least 4 members (excludes halogenated alkanes) is 7. The molecule has 0 spiro atoms. The van der Waals surface area contributed by atoms with Gasteiger partial charge in [-0.1, -0.05) is 51.9 Å². The molecule has 0 radical (unpaired) electrons. The third-order valence-corrected chi connectivity index (χ3v) is 4.76. The average molecular weight is 282 g/mol. The number of pyridine rings is 1. The van der Waals surface area contributed by atoms with Gasteiger partial charge in [0.1, 0.15) is 0 Å². The first-order valence-corrected chi connectivity index (χ1v) is 8.65. The minimum atomic E-state index is -0.970. The van der Waals surface area contributed by atoms with Gasteiger partial charge in [-0.05, 0) is 12.5 Å². The molecule has 0 bridgehead atoms. The minimum absolute atomic E-state index is 0.542. The highest BCUT2D eigenvalue weighted by Gasteiger charge is 2.06. The fourth-order valence-electron chi connectivity index (χ4n) is 2.08. The van der Waals surface area contributed by atoms with Crippen LogP contribution >= 0.6 is 0 Å². The summed E-state index contributed by atoms with van der Waals surface area (Å²) in [6.07, 6.45) is 13.3. The van der Waals surface area contributed by atoms with Crippen molar-refractivity contribution >= 4 is 16.5 Å². The highest BCUT2D eigenvalue weighted by Crippen LogP contribution is 2.16. The lowest BCUT2D eigenvalue weighted by Gasteiger charge is -2.05. The molecule has 1 heterocycles. The standard InChI is InChI=1S/C15H26N2OS/c1-2-3-4-5-6-7-8-9-12-19(18)15-10-11-17-13-14(15)16/h10-11,13H,2-9,12,16H2,1H3. The van der Waals surface area contributed by atoms with Crippen molar-refractivity contribution in [1.82, 2.24) is 4.98 Å². The van der Waals surface area contributed by atoms with E-state index in [1.54, 1.807) is 18.5 Å². The van der Waals surface area contributed by atoms with Crippen LogP contribution in [-0.2, 0) is 10.8 Å². The van der Waals surface area contributed by atoms with Crippen LogP contribution in [0.4, 0.5) is 5.69 Å². The summed E-state index contributed by atoms with van der Waals surface area (Å²) in [5, 5.41) is 0. The van der Waals surface area contributed by atoms with Crippen LogP contribution in [0.25, 0.3) is 0 Å². The van der Waals surface area contributed by atoms with Gasteiger partial charge in [-0.3, -0.25) is 9.19 Å². The van der Waals surface area contributed by atoms with Crippen molar-refractivity contribution in [2.24, 2.45) is 0 Å². The third-order valence-electron chi connectivity index (χ3n) is 3.24. The second-order valence-electron chi connectivity index (χ2n) is 4.94. The molecular formula is C15H26N2OS. The molecule has 0 aliphatic carbocycles. The summed E-state index contributed by atoms with van der Waals surface area (Å²) in [5.41, 5.74) is 6.31. The summed E-state index contributed by atoms with van der Waals surface area (Å²) >= 11 is 0. The molecule has 1 atom stereocenters. The van der Waals surface area contributed by atoms with Gasteiger partial charge in [0.05, 0.1) is 27.6 Å². The van der Waals surface area contributed by atoms with E-state index in [9.17, 15) is 4.21 Å². The lowest BCUT2D eigenvalue weighted by Crippen LogP contribution is -2.02. The van der Waals surface area contributed by atoms with E-state index in [1.165, 1.54) is 44.9 Å². The number of nitrogen functional groups attached to an aromatic ring is 1. The van der Waals surface area contributed by atoms with Crippen molar-refractivity contribution < 1.29 is 4.21 Å². The average Bonchev–Trinajstić information content (AvgIpc) is 2.42. The summed E-state index contributed by atoms with van der Waals surface area (Å²) in [6.45, 7) is 2.24. The van der Waals surface area contributed by atoms with Crippen LogP contribution in [0.3, 0.4) is 0 Å². The second-order valence-corrected chi connectivity index (χ2v) is 6.48. The first-order valence-electron chi connectivity index (χ1n) is 7.33. The largest absolute Gasteiger partial charge is 0.396 e. The van der Waals surface area contributed by atoms with Crippen molar-refractivity contribution in [3.05, 3.63) is 18.5 Å². The summed E-state index contributed by atoms with van der Waals surface area (Å²) < 4.78 is 12.0. The van der Waals surface area contributed by atoms with Crippen LogP contribution in [0.5, 0.6) is 0 Å². The van der Waals surface area contributed by atoms with Gasteiger partial charge in [-0.2, -0.15) is 0 Å². The zero-order valence-corrected chi connectivity index (χ0v) is 12.8. The number of rotatable bonds is 10. The molecule has 0 amide bonds. The number of anilines is 1. The molecule has 1 unspecified atom stereocenters. The Balaban J connectivity index is 2.10. The fraction of sp³-hybridized carbons (Fsp3) is 0.667. The zero-order chi connectivity index (χ0) is 13.9. The molecule has 1 rings (SSSR count). The monoisotopic (exact) mass is 282 g/mol. The van der Waals surface area contributed by atoms with Crippen LogP contribution in [0, 0.1) is 0 Å². The van der Waals surface area contributed by atoms with E-state index < -0.39 is 10.8 Å². The maximum Gasteiger partial charge on any atom is 0.0664 e. The quantitative estimate of drug-likeness (QED) is 0.662. The fourth-order valence-corrected chi connectivity index (χ4v) is 3.29. The van der Waals surface area contributed by atoms with Crippen LogP contribution in [0.2, 0.25) is 0 Å². The molecule has 0 saturated carbocycles. The highest BCUT2D eigenvalue weighted by atomic mass is 32.2. The van der Waals surface area contributed by atoms with Crippen molar-refractivity contribution in [2.75, 3.05) is 11.5 Å². The molecular weight excluding hydrogens is 256 g/mol. The van der Waals surface area contributed by atoms with Gasteiger partial charge in [0.15, 0.2) is 0 Å². The van der Waals surface area contributed by atoms with E-state index in [0.29, 0.717) is 11.4 Å². The maximum atomic E-state index is 12.0. The van der Waals surface area contributed by atoms with Gasteiger partial charge in [-0.25, -0.2) is 0 Å². The Hall–Kier alpha value is -0.900. The van der Waals surface area contributed by atoms with Gasteiger partial charge >= 0.3 is 0 Å². The summed E-state index contributed by atoms with van der Waals surface area (Å²) in [4.78, 5) is 4.65. The SMILES string of the molecule is CCCCCCCCCCS(=O)c1ccncc1N. The number of nitrogens with two attached hydrogens (primary N) is 1. The van der Waals surface area contributed by atoms with E-state index in [1.807, 2.05) is 0 Å². The summed E-state index contributed by atoms with van der Waals surface area (Å²) in [7, 11) is -0.970. The van der Waals surface area contributed by atoms with Gasteiger partial charge in [0.2, 0.25) is 0 Å². The zero-order valence-electron chi connectivity index (χ0n) is 11.9. The molecule has 1 aromatic rings. The Labute approximate surface area is 119 Å². The van der Waals surface area contributed by atoms with Gasteiger partial charge in [0.25, 0.3) is 0 Å². The molecule has 0 aromatic carbocycles. The maximum absolute atomic E-state index is 12.0. The molecule has 1 aromatic heterocycles.